The van der Waals surface area contributed by atoms with Crippen LogP contribution in [0.3, 0.4) is 0 Å². The average Bonchev–Trinajstić information content (AvgIpc) is 2.02. The fourth-order valence-corrected chi connectivity index (χ4v) is 1.49. The van der Waals surface area contributed by atoms with Crippen LogP contribution in [0.2, 0.25) is 0 Å². The molecule has 1 unspecified atom stereocenters. The van der Waals surface area contributed by atoms with Gasteiger partial charge in [-0.15, -0.1) is 0 Å². The molecule has 0 saturated heterocycles. The van der Waals surface area contributed by atoms with E-state index in [0.29, 0.717) is 0 Å². The van der Waals surface area contributed by atoms with Crippen LogP contribution in [0, 0.1) is 0 Å². The average molecular weight is 195 g/mol. The van der Waals surface area contributed by atoms with Crippen LogP contribution in [0.25, 0.3) is 0 Å². The summed E-state index contributed by atoms with van der Waals surface area (Å²) in [7, 11) is 0. The Balaban J connectivity index is 2.74. The predicted molar refractivity (Wildman–Crippen MR) is 58.8 cm³/mol. The van der Waals surface area contributed by atoms with Gasteiger partial charge in [-0.1, -0.05) is 12.2 Å². The summed E-state index contributed by atoms with van der Waals surface area (Å²) in [5.41, 5.74) is 15.8. The number of guanidine groups is 2. The third-order valence-electron chi connectivity index (χ3n) is 2.20. The molecule has 1 rings (SSSR count). The zero-order valence-corrected chi connectivity index (χ0v) is 8.40. The minimum absolute atomic E-state index is 0.0544. The van der Waals surface area contributed by atoms with E-state index in [9.17, 15) is 0 Å². The van der Waals surface area contributed by atoms with Crippen molar-refractivity contribution in [3.8, 4) is 0 Å². The van der Waals surface area contributed by atoms with Crippen LogP contribution in [0.1, 0.15) is 26.2 Å². The largest absolute Gasteiger partial charge is 0.370 e. The molecule has 0 aromatic carbocycles. The highest BCUT2D eigenvalue weighted by Crippen LogP contribution is 2.26. The molecule has 0 spiro atoms. The van der Waals surface area contributed by atoms with Crippen LogP contribution >= 0.6 is 0 Å². The monoisotopic (exact) mass is 195 g/mol. The molecule has 6 N–H and O–H groups in total. The normalized spacial score (nSPS) is 27.4. The highest BCUT2D eigenvalue weighted by molar-refractivity contribution is 5.92. The Morgan fingerprint density at radius 3 is 2.50 bits per heavy atom. The molecule has 0 heterocycles. The number of allylic oxidation sites excluding steroid dienone is 1. The Morgan fingerprint density at radius 2 is 2.00 bits per heavy atom. The smallest absolute Gasteiger partial charge is 0.219 e. The van der Waals surface area contributed by atoms with Crippen molar-refractivity contribution in [2.75, 3.05) is 0 Å². The van der Waals surface area contributed by atoms with Crippen molar-refractivity contribution in [3.63, 3.8) is 0 Å². The Labute approximate surface area is 83.8 Å². The second-order valence-electron chi connectivity index (χ2n) is 3.72. The molecule has 5 heteroatoms. The van der Waals surface area contributed by atoms with E-state index in [1.807, 2.05) is 6.92 Å². The number of nitrogens with zero attached hydrogens (tertiary/aromatic N) is 2. The minimum atomic E-state index is -0.155. The van der Waals surface area contributed by atoms with Crippen molar-refractivity contribution in [2.45, 2.75) is 31.7 Å². The number of rotatable bonds is 1. The zero-order chi connectivity index (χ0) is 10.6. The Bertz CT molecular complexity index is 288. The molecule has 0 saturated carbocycles. The second-order valence-corrected chi connectivity index (χ2v) is 3.72. The van der Waals surface area contributed by atoms with Gasteiger partial charge in [-0.25, -0.2) is 4.99 Å². The summed E-state index contributed by atoms with van der Waals surface area (Å²) >= 11 is 0. The molecule has 0 aromatic rings. The maximum absolute atomic E-state index is 5.57. The van der Waals surface area contributed by atoms with Gasteiger partial charge in [0.1, 0.15) is 0 Å². The van der Waals surface area contributed by atoms with E-state index < -0.39 is 0 Å². The van der Waals surface area contributed by atoms with Gasteiger partial charge in [-0.3, -0.25) is 0 Å². The van der Waals surface area contributed by atoms with Crippen molar-refractivity contribution >= 4 is 11.9 Å². The molecule has 14 heavy (non-hydrogen) atoms. The van der Waals surface area contributed by atoms with Crippen LogP contribution in [-0.2, 0) is 0 Å². The Kier molecular flexibility index (Phi) is 3.11. The molecule has 0 aromatic heterocycles. The first-order valence-electron chi connectivity index (χ1n) is 4.62. The molecular formula is C9H17N5. The van der Waals surface area contributed by atoms with Crippen molar-refractivity contribution in [3.05, 3.63) is 12.2 Å². The molecule has 1 aliphatic carbocycles. The van der Waals surface area contributed by atoms with E-state index >= 15 is 0 Å². The van der Waals surface area contributed by atoms with Gasteiger partial charge in [0.05, 0.1) is 5.54 Å². The van der Waals surface area contributed by atoms with E-state index in [1.54, 1.807) is 0 Å². The highest BCUT2D eigenvalue weighted by atomic mass is 15.1. The van der Waals surface area contributed by atoms with Crippen molar-refractivity contribution in [1.82, 2.24) is 0 Å². The quantitative estimate of drug-likeness (QED) is 0.313. The molecule has 1 aliphatic rings. The Morgan fingerprint density at radius 1 is 1.29 bits per heavy atom. The van der Waals surface area contributed by atoms with Gasteiger partial charge < -0.3 is 17.2 Å². The Hall–Kier alpha value is -1.52. The SMILES string of the molecule is CC1(N=C(N)N=C(N)N)CC=CCC1. The first kappa shape index (κ1) is 10.6. The van der Waals surface area contributed by atoms with E-state index in [2.05, 4.69) is 22.1 Å². The fraction of sp³-hybridized carbons (Fsp3) is 0.556. The third kappa shape index (κ3) is 3.08. The van der Waals surface area contributed by atoms with Gasteiger partial charge in [0.15, 0.2) is 5.96 Å². The van der Waals surface area contributed by atoms with Crippen LogP contribution in [0.4, 0.5) is 0 Å². The maximum Gasteiger partial charge on any atom is 0.219 e. The van der Waals surface area contributed by atoms with Crippen LogP contribution in [-0.4, -0.2) is 17.5 Å². The molecule has 0 aliphatic heterocycles. The van der Waals surface area contributed by atoms with Crippen LogP contribution in [0.5, 0.6) is 0 Å². The standard InChI is InChI=1S/C9H17N5/c1-9(5-3-2-4-6-9)14-8(12)13-7(10)11/h2-3H,4-6H2,1H3,(H6,10,11,12,13,14). The summed E-state index contributed by atoms with van der Waals surface area (Å²) in [6.45, 7) is 2.05. The van der Waals surface area contributed by atoms with Gasteiger partial charge in [-0.2, -0.15) is 4.99 Å². The highest BCUT2D eigenvalue weighted by Gasteiger charge is 2.23. The minimum Gasteiger partial charge on any atom is -0.370 e. The van der Waals surface area contributed by atoms with E-state index in [0.717, 1.165) is 19.3 Å². The van der Waals surface area contributed by atoms with Crippen molar-refractivity contribution in [1.29, 1.82) is 0 Å². The zero-order valence-electron chi connectivity index (χ0n) is 8.40. The molecule has 0 radical (unpaired) electrons. The number of nitrogens with two attached hydrogens (primary N) is 3. The molecule has 0 fully saturated rings. The molecule has 5 nitrogen and oxygen atoms in total. The first-order chi connectivity index (χ1) is 6.52. The first-order valence-corrected chi connectivity index (χ1v) is 4.62. The lowest BCUT2D eigenvalue weighted by molar-refractivity contribution is 0.430. The molecular weight excluding hydrogens is 178 g/mol. The molecule has 1 atom stereocenters. The maximum atomic E-state index is 5.57. The number of aliphatic imine (C=N–C) groups is 2. The lowest BCUT2D eigenvalue weighted by atomic mass is 9.88. The van der Waals surface area contributed by atoms with Crippen molar-refractivity contribution in [2.24, 2.45) is 27.2 Å². The number of hydrogen-bond acceptors (Lipinski definition) is 1. The van der Waals surface area contributed by atoms with E-state index in [4.69, 9.17) is 17.2 Å². The van der Waals surface area contributed by atoms with Gasteiger partial charge in [-0.05, 0) is 26.2 Å². The summed E-state index contributed by atoms with van der Waals surface area (Å²) in [6, 6.07) is 0. The topological polar surface area (TPSA) is 103 Å². The summed E-state index contributed by atoms with van der Waals surface area (Å²) < 4.78 is 0. The molecule has 0 bridgehead atoms. The van der Waals surface area contributed by atoms with Crippen LogP contribution < -0.4 is 17.2 Å². The summed E-state index contributed by atoms with van der Waals surface area (Å²) in [6.07, 6.45) is 7.14. The van der Waals surface area contributed by atoms with Gasteiger partial charge in [0.25, 0.3) is 0 Å². The summed E-state index contributed by atoms with van der Waals surface area (Å²) in [5.74, 6) is 0.101. The lowest BCUT2D eigenvalue weighted by Crippen LogP contribution is -2.30. The van der Waals surface area contributed by atoms with E-state index in [-0.39, 0.29) is 17.5 Å². The molecule has 0 amide bonds. The van der Waals surface area contributed by atoms with Gasteiger partial charge >= 0.3 is 0 Å². The second kappa shape index (κ2) is 4.13. The van der Waals surface area contributed by atoms with Crippen LogP contribution in [0.15, 0.2) is 22.1 Å². The summed E-state index contributed by atoms with van der Waals surface area (Å²) in [4.78, 5) is 8.00. The van der Waals surface area contributed by atoms with Gasteiger partial charge in [0.2, 0.25) is 5.96 Å². The molecule has 78 valence electrons. The van der Waals surface area contributed by atoms with Gasteiger partial charge in [0, 0.05) is 0 Å². The number of hydrogen-bond donors (Lipinski definition) is 3. The van der Waals surface area contributed by atoms with Crippen molar-refractivity contribution < 1.29 is 0 Å². The predicted octanol–water partition coefficient (Wildman–Crippen LogP) is 0.0733. The van der Waals surface area contributed by atoms with E-state index in [1.165, 1.54) is 0 Å². The lowest BCUT2D eigenvalue weighted by Gasteiger charge is -2.26. The fourth-order valence-electron chi connectivity index (χ4n) is 1.49. The third-order valence-corrected chi connectivity index (χ3v) is 2.20. The summed E-state index contributed by atoms with van der Waals surface area (Å²) in [5, 5.41) is 0.